The molecular formula is C77H60N4. The third-order valence-electron chi connectivity index (χ3n) is 16.3. The lowest BCUT2D eigenvalue weighted by atomic mass is 9.93. The van der Waals surface area contributed by atoms with Gasteiger partial charge in [-0.3, -0.25) is 0 Å². The smallest absolute Gasteiger partial charge is 0.188 e. The average Bonchev–Trinajstić information content (AvgIpc) is 3.58. The number of nitriles is 1. The van der Waals surface area contributed by atoms with E-state index in [4.69, 9.17) is 6.57 Å². The van der Waals surface area contributed by atoms with Gasteiger partial charge in [-0.1, -0.05) is 166 Å². The molecule has 11 aromatic carbocycles. The van der Waals surface area contributed by atoms with Crippen LogP contribution in [-0.2, 0) is 0 Å². The van der Waals surface area contributed by atoms with Crippen molar-refractivity contribution in [2.45, 2.75) is 62.3 Å². The van der Waals surface area contributed by atoms with Crippen LogP contribution in [0.2, 0.25) is 0 Å². The molecule has 13 rings (SSSR count). The molecule has 4 nitrogen and oxygen atoms in total. The van der Waals surface area contributed by atoms with E-state index in [1.54, 1.807) is 0 Å². The number of hydrogen-bond donors (Lipinski definition) is 0. The molecule has 0 radical (unpaired) electrons. The van der Waals surface area contributed by atoms with Crippen molar-refractivity contribution >= 4 is 49.3 Å². The van der Waals surface area contributed by atoms with Crippen LogP contribution < -0.4 is 0 Å². The monoisotopic (exact) mass is 1040 g/mol. The van der Waals surface area contributed by atoms with E-state index < -0.39 is 0 Å². The van der Waals surface area contributed by atoms with Gasteiger partial charge in [-0.15, -0.1) is 0 Å². The van der Waals surface area contributed by atoms with Crippen molar-refractivity contribution in [2.75, 3.05) is 0 Å². The number of hydrogen-bond acceptors (Lipinski definition) is 1. The molecular weight excluding hydrogens is 981 g/mol. The van der Waals surface area contributed by atoms with Crippen LogP contribution in [0.5, 0.6) is 0 Å². The van der Waals surface area contributed by atoms with Crippen molar-refractivity contribution in [3.63, 3.8) is 0 Å². The largest absolute Gasteiger partial charge is 0.309 e. The number of rotatable bonds is 8. The van der Waals surface area contributed by atoms with Gasteiger partial charge in [0.2, 0.25) is 0 Å². The first kappa shape index (κ1) is 50.5. The average molecular weight is 1040 g/mol. The van der Waals surface area contributed by atoms with E-state index in [0.29, 0.717) is 11.3 Å². The Kier molecular flexibility index (Phi) is 12.3. The molecule has 0 amide bonds. The summed E-state index contributed by atoms with van der Waals surface area (Å²) in [5.74, 6) is 0. The fourth-order valence-electron chi connectivity index (χ4n) is 13.0. The van der Waals surface area contributed by atoms with Crippen molar-refractivity contribution in [2.24, 2.45) is 0 Å². The summed E-state index contributed by atoms with van der Waals surface area (Å²) in [5, 5.41) is 14.6. The SMILES string of the molecule is [C-]#[N+]c1ccc(-n2c3ccc(-c4cc(C)cc(C)c4)cc3c3cc(-c4cc(C)cc(C)c4)ccc32)c(-c2ccc(-c3ccc(C#N)cc3C)cc2-n2c3ccc(-c4cc(C)cc(C)c4)cc3c3cc(-c4cc(C)cc(C)c4)ccc32)c1. The Balaban J connectivity index is 1.12. The summed E-state index contributed by atoms with van der Waals surface area (Å²) in [7, 11) is 0. The summed E-state index contributed by atoms with van der Waals surface area (Å²) in [5.41, 5.74) is 31.7. The molecule has 2 heterocycles. The Morgan fingerprint density at radius 3 is 1.02 bits per heavy atom. The molecule has 0 spiro atoms. The topological polar surface area (TPSA) is 38.0 Å². The Hall–Kier alpha value is -10.0. The fourth-order valence-corrected chi connectivity index (χ4v) is 13.0. The highest BCUT2D eigenvalue weighted by Gasteiger charge is 2.24. The van der Waals surface area contributed by atoms with Gasteiger partial charge in [0.1, 0.15) is 0 Å². The Labute approximate surface area is 474 Å². The lowest BCUT2D eigenvalue weighted by Crippen LogP contribution is -2.02. The maximum absolute atomic E-state index is 9.97. The number of fused-ring (bicyclic) bond motifs is 6. The van der Waals surface area contributed by atoms with Crippen LogP contribution in [0.15, 0.2) is 200 Å². The summed E-state index contributed by atoms with van der Waals surface area (Å²) in [6.07, 6.45) is 0. The summed E-state index contributed by atoms with van der Waals surface area (Å²) in [6.45, 7) is 28.0. The first-order valence-electron chi connectivity index (χ1n) is 27.9. The second-order valence-corrected chi connectivity index (χ2v) is 22.8. The van der Waals surface area contributed by atoms with Crippen LogP contribution in [0.1, 0.15) is 55.6 Å². The molecule has 0 saturated heterocycles. The van der Waals surface area contributed by atoms with E-state index in [0.717, 1.165) is 105 Å². The first-order chi connectivity index (χ1) is 39.2. The van der Waals surface area contributed by atoms with Crippen LogP contribution in [0.25, 0.3) is 127 Å². The molecule has 0 aliphatic rings. The quantitative estimate of drug-likeness (QED) is 0.140. The predicted octanol–water partition coefficient (Wildman–Crippen LogP) is 21.1. The molecule has 81 heavy (non-hydrogen) atoms. The number of benzene rings is 11. The van der Waals surface area contributed by atoms with Crippen molar-refractivity contribution < 1.29 is 0 Å². The molecule has 4 heteroatoms. The molecule has 0 aliphatic carbocycles. The number of nitrogens with zero attached hydrogens (tertiary/aromatic N) is 4. The Morgan fingerprint density at radius 2 is 0.667 bits per heavy atom. The van der Waals surface area contributed by atoms with Gasteiger partial charge in [0.25, 0.3) is 0 Å². The van der Waals surface area contributed by atoms with Crippen molar-refractivity contribution in [3.05, 3.63) is 267 Å². The second kappa shape index (κ2) is 19.7. The van der Waals surface area contributed by atoms with Crippen LogP contribution >= 0.6 is 0 Å². The normalized spacial score (nSPS) is 11.5. The molecule has 0 N–H and O–H groups in total. The molecule has 2 aromatic heterocycles. The maximum atomic E-state index is 9.97. The van der Waals surface area contributed by atoms with E-state index in [1.807, 2.05) is 18.2 Å². The molecule has 0 bridgehead atoms. The minimum atomic E-state index is 0.556. The van der Waals surface area contributed by atoms with E-state index in [9.17, 15) is 5.26 Å². The lowest BCUT2D eigenvalue weighted by molar-refractivity contribution is 1.16. The molecule has 0 atom stereocenters. The summed E-state index contributed by atoms with van der Waals surface area (Å²) < 4.78 is 4.87. The zero-order chi connectivity index (χ0) is 56.0. The highest BCUT2D eigenvalue weighted by atomic mass is 15.0. The van der Waals surface area contributed by atoms with Gasteiger partial charge in [0.05, 0.1) is 51.6 Å². The summed E-state index contributed by atoms with van der Waals surface area (Å²) in [4.78, 5) is 4.12. The lowest BCUT2D eigenvalue weighted by Gasteiger charge is -2.21. The standard InChI is InChI=1S/C77H60N4/c1-45-25-46(2)30-60(29-45)55-13-20-72-67(38-55)68-39-56(61-31-47(3)26-48(4)32-61)14-21-73(68)80(72)76-24-17-64(79-10)43-71(76)66-19-12-59(65-18-11-54(44-78)37-53(65)9)42-77(66)81-74-22-15-57(62-33-49(5)27-50(6)34-62)40-69(74)70-41-58(16-23-75(70)81)63-35-51(7)28-52(8)36-63/h11-43H,1-9H3. The zero-order valence-electron chi connectivity index (χ0n) is 47.3. The summed E-state index contributed by atoms with van der Waals surface area (Å²) in [6, 6.07) is 76.2. The number of aryl methyl sites for hydroxylation is 9. The predicted molar refractivity (Wildman–Crippen MR) is 341 cm³/mol. The molecule has 0 unspecified atom stereocenters. The van der Waals surface area contributed by atoms with E-state index in [1.165, 1.54) is 66.8 Å². The second-order valence-electron chi connectivity index (χ2n) is 22.8. The van der Waals surface area contributed by atoms with Crippen LogP contribution in [0.3, 0.4) is 0 Å². The van der Waals surface area contributed by atoms with Crippen molar-refractivity contribution in [3.8, 4) is 84.2 Å². The summed E-state index contributed by atoms with van der Waals surface area (Å²) >= 11 is 0. The Morgan fingerprint density at radius 1 is 0.309 bits per heavy atom. The minimum absolute atomic E-state index is 0.556. The highest BCUT2D eigenvalue weighted by Crippen LogP contribution is 2.46. The van der Waals surface area contributed by atoms with Gasteiger partial charge in [-0.25, -0.2) is 4.85 Å². The van der Waals surface area contributed by atoms with Gasteiger partial charge < -0.3 is 9.13 Å². The van der Waals surface area contributed by atoms with E-state index >= 15 is 0 Å². The molecule has 0 aliphatic heterocycles. The maximum Gasteiger partial charge on any atom is 0.188 e. The third kappa shape index (κ3) is 9.06. The highest BCUT2D eigenvalue weighted by molar-refractivity contribution is 6.14. The first-order valence-corrected chi connectivity index (χ1v) is 27.9. The molecule has 388 valence electrons. The van der Waals surface area contributed by atoms with E-state index in [2.05, 4.69) is 264 Å². The minimum Gasteiger partial charge on any atom is -0.309 e. The van der Waals surface area contributed by atoms with E-state index in [-0.39, 0.29) is 0 Å². The van der Waals surface area contributed by atoms with Crippen LogP contribution in [-0.4, -0.2) is 9.13 Å². The van der Waals surface area contributed by atoms with Gasteiger partial charge in [0, 0.05) is 27.1 Å². The number of aromatic nitrogens is 2. The van der Waals surface area contributed by atoms with Crippen molar-refractivity contribution in [1.29, 1.82) is 5.26 Å². The fraction of sp³-hybridized carbons (Fsp3) is 0.117. The van der Waals surface area contributed by atoms with Gasteiger partial charge in [0.15, 0.2) is 5.69 Å². The van der Waals surface area contributed by atoms with Gasteiger partial charge >= 0.3 is 0 Å². The molecule has 0 fully saturated rings. The zero-order valence-corrected chi connectivity index (χ0v) is 47.3. The third-order valence-corrected chi connectivity index (χ3v) is 16.3. The van der Waals surface area contributed by atoms with Crippen molar-refractivity contribution in [1.82, 2.24) is 9.13 Å². The molecule has 0 saturated carbocycles. The Bertz CT molecular complexity index is 4590. The molecule has 13 aromatic rings. The van der Waals surface area contributed by atoms with Crippen LogP contribution in [0.4, 0.5) is 5.69 Å². The van der Waals surface area contributed by atoms with Gasteiger partial charge in [-0.05, 0) is 208 Å². The van der Waals surface area contributed by atoms with Crippen LogP contribution in [0, 0.1) is 80.2 Å². The van der Waals surface area contributed by atoms with Gasteiger partial charge in [-0.2, -0.15) is 5.26 Å².